The fraction of sp³-hybridized carbons (Fsp3) is 0.235. The SMILES string of the molecule is Cc1noc2nc3c(c(C(=O)Nc4cccc(Cl)c4)c12)CCC3. The van der Waals surface area contributed by atoms with Gasteiger partial charge in [-0.15, -0.1) is 0 Å². The van der Waals surface area contributed by atoms with Crippen LogP contribution in [0.4, 0.5) is 5.69 Å². The number of aryl methyl sites for hydroxylation is 2. The number of nitrogens with zero attached hydrogens (tertiary/aromatic N) is 2. The minimum Gasteiger partial charge on any atom is -0.336 e. The van der Waals surface area contributed by atoms with Crippen molar-refractivity contribution in [1.29, 1.82) is 0 Å². The van der Waals surface area contributed by atoms with E-state index >= 15 is 0 Å². The van der Waals surface area contributed by atoms with E-state index in [1.54, 1.807) is 18.2 Å². The molecule has 6 heteroatoms. The predicted octanol–water partition coefficient (Wildman–Crippen LogP) is 3.93. The zero-order valence-electron chi connectivity index (χ0n) is 12.5. The van der Waals surface area contributed by atoms with Crippen LogP contribution in [0, 0.1) is 6.92 Å². The van der Waals surface area contributed by atoms with Crippen molar-refractivity contribution in [3.63, 3.8) is 0 Å². The van der Waals surface area contributed by atoms with Crippen LogP contribution in [0.1, 0.15) is 33.7 Å². The second kappa shape index (κ2) is 5.35. The number of amides is 1. The average Bonchev–Trinajstić information content (AvgIpc) is 3.12. The largest absolute Gasteiger partial charge is 0.336 e. The van der Waals surface area contributed by atoms with Gasteiger partial charge in [0, 0.05) is 16.4 Å². The Balaban J connectivity index is 1.84. The molecule has 0 aliphatic heterocycles. The monoisotopic (exact) mass is 327 g/mol. The third-order valence-corrected chi connectivity index (χ3v) is 4.37. The smallest absolute Gasteiger partial charge is 0.259 e. The molecule has 1 aromatic carbocycles. The van der Waals surface area contributed by atoms with Gasteiger partial charge in [-0.3, -0.25) is 4.79 Å². The lowest BCUT2D eigenvalue weighted by Crippen LogP contribution is -2.15. The molecule has 3 aromatic rings. The maximum atomic E-state index is 12.9. The van der Waals surface area contributed by atoms with E-state index in [9.17, 15) is 4.79 Å². The molecule has 1 N–H and O–H groups in total. The van der Waals surface area contributed by atoms with Crippen molar-refractivity contribution in [3.8, 4) is 0 Å². The van der Waals surface area contributed by atoms with E-state index in [2.05, 4.69) is 15.5 Å². The van der Waals surface area contributed by atoms with Gasteiger partial charge >= 0.3 is 0 Å². The van der Waals surface area contributed by atoms with Crippen molar-refractivity contribution in [1.82, 2.24) is 10.1 Å². The fourth-order valence-corrected chi connectivity index (χ4v) is 3.32. The molecule has 1 aliphatic rings. The molecule has 0 unspecified atom stereocenters. The lowest BCUT2D eigenvalue weighted by atomic mass is 10.0. The summed E-state index contributed by atoms with van der Waals surface area (Å²) in [6.07, 6.45) is 2.71. The minimum absolute atomic E-state index is 0.177. The highest BCUT2D eigenvalue weighted by atomic mass is 35.5. The highest BCUT2D eigenvalue weighted by Crippen LogP contribution is 2.32. The van der Waals surface area contributed by atoms with E-state index in [0.29, 0.717) is 33.1 Å². The van der Waals surface area contributed by atoms with Crippen LogP contribution in [-0.4, -0.2) is 16.0 Å². The number of rotatable bonds is 2. The average molecular weight is 328 g/mol. The van der Waals surface area contributed by atoms with Crippen LogP contribution in [0.5, 0.6) is 0 Å². The van der Waals surface area contributed by atoms with E-state index in [1.807, 2.05) is 13.0 Å². The molecule has 1 aliphatic carbocycles. The Morgan fingerprint density at radius 2 is 2.22 bits per heavy atom. The molecule has 0 saturated heterocycles. The molecule has 2 aromatic heterocycles. The number of benzene rings is 1. The Labute approximate surface area is 137 Å². The van der Waals surface area contributed by atoms with Gasteiger partial charge < -0.3 is 9.84 Å². The zero-order valence-corrected chi connectivity index (χ0v) is 13.3. The van der Waals surface area contributed by atoms with Crippen LogP contribution >= 0.6 is 11.6 Å². The molecule has 0 bridgehead atoms. The molecule has 0 spiro atoms. The summed E-state index contributed by atoms with van der Waals surface area (Å²) in [4.78, 5) is 17.4. The number of carbonyl (C=O) groups excluding carboxylic acids is 1. The first-order chi connectivity index (χ1) is 11.1. The Bertz CT molecular complexity index is 933. The third-order valence-electron chi connectivity index (χ3n) is 4.13. The van der Waals surface area contributed by atoms with Gasteiger partial charge in [0.15, 0.2) is 0 Å². The van der Waals surface area contributed by atoms with Crippen molar-refractivity contribution in [2.24, 2.45) is 0 Å². The number of aromatic nitrogens is 2. The maximum absolute atomic E-state index is 12.9. The molecule has 116 valence electrons. The van der Waals surface area contributed by atoms with Gasteiger partial charge in [0.05, 0.1) is 16.6 Å². The number of nitrogens with one attached hydrogen (secondary N) is 1. The van der Waals surface area contributed by atoms with Gasteiger partial charge in [0.1, 0.15) is 0 Å². The standard InChI is InChI=1S/C17H14ClN3O2/c1-9-14-15(16(22)19-11-5-2-4-10(18)8-11)12-6-3-7-13(12)20-17(14)23-21-9/h2,4-5,8H,3,6-7H2,1H3,(H,19,22). The summed E-state index contributed by atoms with van der Waals surface area (Å²) in [5.74, 6) is -0.177. The number of halogens is 1. The Hall–Kier alpha value is -2.40. The maximum Gasteiger partial charge on any atom is 0.259 e. The van der Waals surface area contributed by atoms with Crippen molar-refractivity contribution in [2.75, 3.05) is 5.32 Å². The van der Waals surface area contributed by atoms with Gasteiger partial charge in [-0.25, -0.2) is 4.98 Å². The van der Waals surface area contributed by atoms with Crippen LogP contribution in [-0.2, 0) is 12.8 Å². The number of hydrogen-bond acceptors (Lipinski definition) is 4. The van der Waals surface area contributed by atoms with E-state index in [-0.39, 0.29) is 5.91 Å². The molecular formula is C17H14ClN3O2. The molecule has 1 amide bonds. The van der Waals surface area contributed by atoms with Crippen LogP contribution in [0.2, 0.25) is 5.02 Å². The summed E-state index contributed by atoms with van der Waals surface area (Å²) >= 11 is 5.98. The lowest BCUT2D eigenvalue weighted by molar-refractivity contribution is 0.102. The summed E-state index contributed by atoms with van der Waals surface area (Å²) in [7, 11) is 0. The van der Waals surface area contributed by atoms with Crippen LogP contribution < -0.4 is 5.32 Å². The van der Waals surface area contributed by atoms with Gasteiger partial charge in [0.25, 0.3) is 11.6 Å². The topological polar surface area (TPSA) is 68.0 Å². The van der Waals surface area contributed by atoms with Gasteiger partial charge in [-0.1, -0.05) is 22.8 Å². The molecule has 4 rings (SSSR count). The van der Waals surface area contributed by atoms with Crippen molar-refractivity contribution in [3.05, 3.63) is 51.8 Å². The lowest BCUT2D eigenvalue weighted by Gasteiger charge is -2.10. The predicted molar refractivity (Wildman–Crippen MR) is 88.0 cm³/mol. The first-order valence-corrected chi connectivity index (χ1v) is 7.86. The van der Waals surface area contributed by atoms with E-state index in [1.165, 1.54) is 0 Å². The highest BCUT2D eigenvalue weighted by Gasteiger charge is 2.27. The van der Waals surface area contributed by atoms with Crippen molar-refractivity contribution < 1.29 is 9.32 Å². The fourth-order valence-electron chi connectivity index (χ4n) is 3.13. The Morgan fingerprint density at radius 3 is 3.04 bits per heavy atom. The van der Waals surface area contributed by atoms with E-state index < -0.39 is 0 Å². The minimum atomic E-state index is -0.177. The van der Waals surface area contributed by atoms with Crippen LogP contribution in [0.3, 0.4) is 0 Å². The second-order valence-electron chi connectivity index (χ2n) is 5.68. The first-order valence-electron chi connectivity index (χ1n) is 7.48. The van der Waals surface area contributed by atoms with Gasteiger partial charge in [0.2, 0.25) is 0 Å². The second-order valence-corrected chi connectivity index (χ2v) is 6.11. The Morgan fingerprint density at radius 1 is 1.35 bits per heavy atom. The van der Waals surface area contributed by atoms with Crippen LogP contribution in [0.25, 0.3) is 11.1 Å². The third kappa shape index (κ3) is 2.37. The molecule has 0 radical (unpaired) electrons. The van der Waals surface area contributed by atoms with Gasteiger partial charge in [-0.2, -0.15) is 0 Å². The van der Waals surface area contributed by atoms with E-state index in [4.69, 9.17) is 16.1 Å². The molecule has 2 heterocycles. The highest BCUT2D eigenvalue weighted by molar-refractivity contribution is 6.31. The number of fused-ring (bicyclic) bond motifs is 2. The summed E-state index contributed by atoms with van der Waals surface area (Å²) in [6.45, 7) is 1.82. The summed E-state index contributed by atoms with van der Waals surface area (Å²) < 4.78 is 5.27. The van der Waals surface area contributed by atoms with E-state index in [0.717, 1.165) is 30.5 Å². The molecule has 0 fully saturated rings. The van der Waals surface area contributed by atoms with Crippen molar-refractivity contribution >= 4 is 34.3 Å². The van der Waals surface area contributed by atoms with Gasteiger partial charge in [-0.05, 0) is 49.9 Å². The first kappa shape index (κ1) is 14.2. The number of pyridine rings is 1. The zero-order chi connectivity index (χ0) is 16.0. The normalized spacial score (nSPS) is 13.3. The number of anilines is 1. The molecular weight excluding hydrogens is 314 g/mol. The quantitative estimate of drug-likeness (QED) is 0.774. The number of hydrogen-bond donors (Lipinski definition) is 1. The molecule has 0 atom stereocenters. The number of carbonyl (C=O) groups is 1. The Kier molecular flexibility index (Phi) is 3.31. The van der Waals surface area contributed by atoms with Crippen molar-refractivity contribution in [2.45, 2.75) is 26.2 Å². The summed E-state index contributed by atoms with van der Waals surface area (Å²) in [6, 6.07) is 7.10. The summed E-state index contributed by atoms with van der Waals surface area (Å²) in [5, 5.41) is 8.16. The molecule has 23 heavy (non-hydrogen) atoms. The van der Waals surface area contributed by atoms with Crippen LogP contribution in [0.15, 0.2) is 28.8 Å². The molecule has 0 saturated carbocycles. The summed E-state index contributed by atoms with van der Waals surface area (Å²) in [5.41, 5.74) is 4.33. The molecule has 5 nitrogen and oxygen atoms in total.